The lowest BCUT2D eigenvalue weighted by Gasteiger charge is -2.07. The van der Waals surface area contributed by atoms with Gasteiger partial charge in [-0.3, -0.25) is 5.10 Å². The molecule has 0 aliphatic heterocycles. The van der Waals surface area contributed by atoms with Crippen molar-refractivity contribution >= 4 is 0 Å². The van der Waals surface area contributed by atoms with Crippen molar-refractivity contribution < 1.29 is 9.47 Å². The standard InChI is InChI=1S/C11H13N3O2/c1-7-12-11(14-13-7)8-4-5-9(15-2)10(6-8)16-3/h4-6H,1-3H3,(H,12,13,14). The fourth-order valence-corrected chi connectivity index (χ4v) is 1.45. The number of ether oxygens (including phenoxy) is 2. The molecule has 2 rings (SSSR count). The van der Waals surface area contributed by atoms with E-state index in [-0.39, 0.29) is 0 Å². The predicted octanol–water partition coefficient (Wildman–Crippen LogP) is 1.80. The lowest BCUT2D eigenvalue weighted by Crippen LogP contribution is -1.91. The second-order valence-electron chi connectivity index (χ2n) is 3.31. The Hall–Kier alpha value is -2.04. The maximum Gasteiger partial charge on any atom is 0.181 e. The van der Waals surface area contributed by atoms with Gasteiger partial charge in [-0.15, -0.1) is 0 Å². The van der Waals surface area contributed by atoms with E-state index in [1.807, 2.05) is 25.1 Å². The van der Waals surface area contributed by atoms with Gasteiger partial charge in [0.05, 0.1) is 14.2 Å². The number of rotatable bonds is 3. The zero-order chi connectivity index (χ0) is 11.5. The first-order valence-electron chi connectivity index (χ1n) is 4.86. The largest absolute Gasteiger partial charge is 0.493 e. The summed E-state index contributed by atoms with van der Waals surface area (Å²) in [5.41, 5.74) is 0.891. The zero-order valence-electron chi connectivity index (χ0n) is 9.44. The Kier molecular flexibility index (Phi) is 2.76. The van der Waals surface area contributed by atoms with E-state index in [2.05, 4.69) is 15.2 Å². The zero-order valence-corrected chi connectivity index (χ0v) is 9.44. The van der Waals surface area contributed by atoms with Crippen molar-refractivity contribution in [3.63, 3.8) is 0 Å². The predicted molar refractivity (Wildman–Crippen MR) is 59.7 cm³/mol. The van der Waals surface area contributed by atoms with Crippen LogP contribution in [0.25, 0.3) is 11.4 Å². The monoisotopic (exact) mass is 219 g/mol. The first-order chi connectivity index (χ1) is 7.74. The van der Waals surface area contributed by atoms with Crippen molar-refractivity contribution in [1.82, 2.24) is 15.2 Å². The lowest BCUT2D eigenvalue weighted by atomic mass is 10.2. The van der Waals surface area contributed by atoms with Crippen molar-refractivity contribution in [2.45, 2.75) is 6.92 Å². The summed E-state index contributed by atoms with van der Waals surface area (Å²) in [6.45, 7) is 1.86. The minimum absolute atomic E-state index is 0.651. The van der Waals surface area contributed by atoms with Crippen LogP contribution < -0.4 is 9.47 Å². The molecule has 0 fully saturated rings. The molecule has 5 heteroatoms. The Morgan fingerprint density at radius 2 is 1.88 bits per heavy atom. The SMILES string of the molecule is COc1ccc(-c2n[nH]c(C)n2)cc1OC. The molecule has 0 radical (unpaired) electrons. The molecule has 0 bridgehead atoms. The molecule has 0 aliphatic carbocycles. The highest BCUT2D eigenvalue weighted by molar-refractivity contribution is 5.60. The van der Waals surface area contributed by atoms with Crippen molar-refractivity contribution in [2.24, 2.45) is 0 Å². The summed E-state index contributed by atoms with van der Waals surface area (Å²) in [6, 6.07) is 5.57. The summed E-state index contributed by atoms with van der Waals surface area (Å²) in [5.74, 6) is 2.80. The molecular formula is C11H13N3O2. The maximum atomic E-state index is 5.21. The van der Waals surface area contributed by atoms with Crippen molar-refractivity contribution in [2.75, 3.05) is 14.2 Å². The smallest absolute Gasteiger partial charge is 0.181 e. The molecule has 1 aromatic carbocycles. The third-order valence-electron chi connectivity index (χ3n) is 2.24. The molecule has 0 atom stereocenters. The number of nitrogens with zero attached hydrogens (tertiary/aromatic N) is 2. The molecule has 0 amide bonds. The number of hydrogen-bond acceptors (Lipinski definition) is 4. The van der Waals surface area contributed by atoms with Gasteiger partial charge in [-0.05, 0) is 25.1 Å². The molecule has 0 unspecified atom stereocenters. The molecule has 84 valence electrons. The minimum Gasteiger partial charge on any atom is -0.493 e. The van der Waals surface area contributed by atoms with Gasteiger partial charge in [0.25, 0.3) is 0 Å². The fraction of sp³-hybridized carbons (Fsp3) is 0.273. The van der Waals surface area contributed by atoms with Crippen LogP contribution in [-0.2, 0) is 0 Å². The summed E-state index contributed by atoms with van der Waals surface area (Å²) in [5, 5.41) is 6.88. The van der Waals surface area contributed by atoms with E-state index >= 15 is 0 Å². The summed E-state index contributed by atoms with van der Waals surface area (Å²) >= 11 is 0. The van der Waals surface area contributed by atoms with Crippen LogP contribution in [0.3, 0.4) is 0 Å². The second kappa shape index (κ2) is 4.22. The van der Waals surface area contributed by atoms with Gasteiger partial charge in [-0.25, -0.2) is 4.98 Å². The van der Waals surface area contributed by atoms with E-state index in [1.165, 1.54) is 0 Å². The number of hydrogen-bond donors (Lipinski definition) is 1. The number of benzene rings is 1. The van der Waals surface area contributed by atoms with Crippen LogP contribution in [0, 0.1) is 6.92 Å². The number of aromatic amines is 1. The van der Waals surface area contributed by atoms with Gasteiger partial charge < -0.3 is 9.47 Å². The molecule has 1 heterocycles. The first kappa shape index (κ1) is 10.5. The van der Waals surface area contributed by atoms with Gasteiger partial charge in [0, 0.05) is 5.56 Å². The Bertz CT molecular complexity index is 494. The van der Waals surface area contributed by atoms with E-state index in [1.54, 1.807) is 14.2 Å². The second-order valence-corrected chi connectivity index (χ2v) is 3.31. The average Bonchev–Trinajstić information content (AvgIpc) is 2.75. The van der Waals surface area contributed by atoms with Crippen LogP contribution >= 0.6 is 0 Å². The van der Waals surface area contributed by atoms with E-state index in [0.717, 1.165) is 11.4 Å². The number of aryl methyl sites for hydroxylation is 1. The molecule has 5 nitrogen and oxygen atoms in total. The van der Waals surface area contributed by atoms with Crippen LogP contribution in [0.4, 0.5) is 0 Å². The van der Waals surface area contributed by atoms with Crippen molar-refractivity contribution in [1.29, 1.82) is 0 Å². The Balaban J connectivity index is 2.43. The first-order valence-corrected chi connectivity index (χ1v) is 4.86. The third kappa shape index (κ3) is 1.84. The summed E-state index contributed by atoms with van der Waals surface area (Å²) in [4.78, 5) is 4.25. The van der Waals surface area contributed by atoms with Gasteiger partial charge in [0.2, 0.25) is 0 Å². The molecule has 1 N–H and O–H groups in total. The lowest BCUT2D eigenvalue weighted by molar-refractivity contribution is 0.355. The van der Waals surface area contributed by atoms with Crippen LogP contribution in [0.5, 0.6) is 11.5 Å². The molecule has 0 saturated heterocycles. The van der Waals surface area contributed by atoms with Gasteiger partial charge >= 0.3 is 0 Å². The molecule has 1 aromatic heterocycles. The number of methoxy groups -OCH3 is 2. The van der Waals surface area contributed by atoms with Crippen LogP contribution in [0.1, 0.15) is 5.82 Å². The van der Waals surface area contributed by atoms with E-state index < -0.39 is 0 Å². The van der Waals surface area contributed by atoms with E-state index in [4.69, 9.17) is 9.47 Å². The van der Waals surface area contributed by atoms with E-state index in [9.17, 15) is 0 Å². The fourth-order valence-electron chi connectivity index (χ4n) is 1.45. The van der Waals surface area contributed by atoms with Gasteiger partial charge in [0.1, 0.15) is 5.82 Å². The normalized spacial score (nSPS) is 10.2. The molecule has 2 aromatic rings. The number of nitrogens with one attached hydrogen (secondary N) is 1. The van der Waals surface area contributed by atoms with Crippen molar-refractivity contribution in [3.05, 3.63) is 24.0 Å². The molecule has 0 aliphatic rings. The van der Waals surface area contributed by atoms with Crippen LogP contribution in [-0.4, -0.2) is 29.4 Å². The Labute approximate surface area is 93.4 Å². The Morgan fingerprint density at radius 1 is 1.12 bits per heavy atom. The average molecular weight is 219 g/mol. The van der Waals surface area contributed by atoms with Gasteiger partial charge in [0.15, 0.2) is 17.3 Å². The molecule has 0 saturated carbocycles. The number of H-pyrrole nitrogens is 1. The summed E-state index contributed by atoms with van der Waals surface area (Å²) < 4.78 is 10.4. The van der Waals surface area contributed by atoms with Gasteiger partial charge in [-0.2, -0.15) is 5.10 Å². The quantitative estimate of drug-likeness (QED) is 0.855. The minimum atomic E-state index is 0.651. The third-order valence-corrected chi connectivity index (χ3v) is 2.24. The topological polar surface area (TPSA) is 60.0 Å². The molecule has 0 spiro atoms. The highest BCUT2D eigenvalue weighted by atomic mass is 16.5. The van der Waals surface area contributed by atoms with Gasteiger partial charge in [-0.1, -0.05) is 0 Å². The summed E-state index contributed by atoms with van der Waals surface area (Å²) in [6.07, 6.45) is 0. The molecular weight excluding hydrogens is 206 g/mol. The van der Waals surface area contributed by atoms with Crippen LogP contribution in [0.15, 0.2) is 18.2 Å². The van der Waals surface area contributed by atoms with Crippen LogP contribution in [0.2, 0.25) is 0 Å². The van der Waals surface area contributed by atoms with Crippen molar-refractivity contribution in [3.8, 4) is 22.9 Å². The summed E-state index contributed by atoms with van der Waals surface area (Å²) in [7, 11) is 3.21. The highest BCUT2D eigenvalue weighted by Gasteiger charge is 2.08. The maximum absolute atomic E-state index is 5.21. The van der Waals surface area contributed by atoms with E-state index in [0.29, 0.717) is 17.3 Å². The molecule has 16 heavy (non-hydrogen) atoms. The highest BCUT2D eigenvalue weighted by Crippen LogP contribution is 2.30. The Morgan fingerprint density at radius 3 is 2.44 bits per heavy atom. The number of aromatic nitrogens is 3.